The predicted molar refractivity (Wildman–Crippen MR) is 98.5 cm³/mol. The van der Waals surface area contributed by atoms with Crippen molar-refractivity contribution in [1.82, 2.24) is 0 Å². The van der Waals surface area contributed by atoms with Crippen LogP contribution in [0.4, 0.5) is 0 Å². The molecule has 25 heavy (non-hydrogen) atoms. The van der Waals surface area contributed by atoms with Gasteiger partial charge in [0.15, 0.2) is 5.78 Å². The molecule has 5 heteroatoms. The van der Waals surface area contributed by atoms with E-state index in [4.69, 9.17) is 18.9 Å². The van der Waals surface area contributed by atoms with Crippen LogP contribution in [0.1, 0.15) is 30.6 Å². The Hall–Kier alpha value is -2.69. The van der Waals surface area contributed by atoms with Gasteiger partial charge in [-0.2, -0.15) is 0 Å². The van der Waals surface area contributed by atoms with Gasteiger partial charge in [0.05, 0.1) is 44.8 Å². The highest BCUT2D eigenvalue weighted by Gasteiger charge is 2.23. The van der Waals surface area contributed by atoms with E-state index in [9.17, 15) is 4.79 Å². The second kappa shape index (κ2) is 7.92. The zero-order chi connectivity index (χ0) is 18.6. The number of hydrogen-bond acceptors (Lipinski definition) is 5. The minimum Gasteiger partial charge on any atom is -0.496 e. The van der Waals surface area contributed by atoms with E-state index >= 15 is 0 Å². The molecular weight excluding hydrogens is 320 g/mol. The molecule has 0 aliphatic heterocycles. The van der Waals surface area contributed by atoms with E-state index in [1.165, 1.54) is 7.11 Å². The number of fused-ring (bicyclic) bond motifs is 1. The maximum atomic E-state index is 12.7. The van der Waals surface area contributed by atoms with Gasteiger partial charge < -0.3 is 18.9 Å². The first-order valence-electron chi connectivity index (χ1n) is 7.94. The number of allylic oxidation sites excluding steroid dienone is 2. The van der Waals surface area contributed by atoms with Crippen LogP contribution in [0.2, 0.25) is 0 Å². The van der Waals surface area contributed by atoms with Gasteiger partial charge in [0, 0.05) is 6.42 Å². The van der Waals surface area contributed by atoms with Gasteiger partial charge in [-0.05, 0) is 32.0 Å². The van der Waals surface area contributed by atoms with Gasteiger partial charge in [0.2, 0.25) is 0 Å². The van der Waals surface area contributed by atoms with Crippen LogP contribution in [0.3, 0.4) is 0 Å². The fourth-order valence-corrected chi connectivity index (χ4v) is 2.77. The number of carbonyl (C=O) groups excluding carboxylic acids is 1. The molecule has 0 radical (unpaired) electrons. The summed E-state index contributed by atoms with van der Waals surface area (Å²) in [6.07, 6.45) is 2.18. The van der Waals surface area contributed by atoms with E-state index < -0.39 is 0 Å². The summed E-state index contributed by atoms with van der Waals surface area (Å²) in [6.45, 7) is 3.92. The van der Waals surface area contributed by atoms with Crippen molar-refractivity contribution in [3.8, 4) is 23.0 Å². The fraction of sp³-hybridized carbons (Fsp3) is 0.350. The van der Waals surface area contributed by atoms with Crippen LogP contribution < -0.4 is 18.9 Å². The van der Waals surface area contributed by atoms with Crippen LogP contribution >= 0.6 is 0 Å². The summed E-state index contributed by atoms with van der Waals surface area (Å²) >= 11 is 0. The van der Waals surface area contributed by atoms with Crippen LogP contribution in [-0.2, 0) is 0 Å². The summed E-state index contributed by atoms with van der Waals surface area (Å²) in [4.78, 5) is 12.7. The van der Waals surface area contributed by atoms with Crippen molar-refractivity contribution in [2.75, 3.05) is 28.4 Å². The van der Waals surface area contributed by atoms with E-state index in [0.717, 1.165) is 5.57 Å². The largest absolute Gasteiger partial charge is 0.496 e. The standard InChI is InChI=1S/C20H24O5/c1-12(2)7-8-14(21)13-11-17(24-5)18-15(22-3)9-10-16(23-4)19(18)20(13)25-6/h7,9-11H,8H2,1-6H3. The van der Waals surface area contributed by atoms with Gasteiger partial charge in [-0.25, -0.2) is 0 Å². The first kappa shape index (κ1) is 18.6. The first-order valence-corrected chi connectivity index (χ1v) is 7.94. The van der Waals surface area contributed by atoms with Crippen molar-refractivity contribution in [3.05, 3.63) is 35.4 Å². The van der Waals surface area contributed by atoms with Gasteiger partial charge in [-0.1, -0.05) is 11.6 Å². The molecule has 0 bridgehead atoms. The molecule has 2 aromatic rings. The Balaban J connectivity index is 2.85. The number of methoxy groups -OCH3 is 4. The van der Waals surface area contributed by atoms with E-state index in [1.54, 1.807) is 39.5 Å². The average Bonchev–Trinajstić information content (AvgIpc) is 2.63. The number of rotatable bonds is 7. The van der Waals surface area contributed by atoms with Crippen molar-refractivity contribution in [2.24, 2.45) is 0 Å². The zero-order valence-corrected chi connectivity index (χ0v) is 15.6. The minimum atomic E-state index is -0.0527. The highest BCUT2D eigenvalue weighted by molar-refractivity contribution is 6.11. The molecule has 0 aromatic heterocycles. The van der Waals surface area contributed by atoms with Gasteiger partial charge in [-0.3, -0.25) is 4.79 Å². The third kappa shape index (κ3) is 3.55. The Morgan fingerprint density at radius 2 is 1.44 bits per heavy atom. The maximum Gasteiger partial charge on any atom is 0.170 e. The Morgan fingerprint density at radius 3 is 1.92 bits per heavy atom. The fourth-order valence-electron chi connectivity index (χ4n) is 2.77. The Labute approximate surface area is 148 Å². The number of benzene rings is 2. The maximum absolute atomic E-state index is 12.7. The SMILES string of the molecule is COc1ccc(OC)c2c(OC)c(C(=O)CC=C(C)C)cc(OC)c12. The van der Waals surface area contributed by atoms with E-state index in [2.05, 4.69) is 0 Å². The summed E-state index contributed by atoms with van der Waals surface area (Å²) in [5, 5.41) is 1.37. The van der Waals surface area contributed by atoms with Gasteiger partial charge in [0.25, 0.3) is 0 Å². The molecule has 0 aliphatic carbocycles. The highest BCUT2D eigenvalue weighted by Crippen LogP contribution is 2.46. The molecule has 0 saturated heterocycles. The van der Waals surface area contributed by atoms with Gasteiger partial charge in [-0.15, -0.1) is 0 Å². The second-order valence-corrected chi connectivity index (χ2v) is 5.79. The van der Waals surface area contributed by atoms with Gasteiger partial charge >= 0.3 is 0 Å². The Kier molecular flexibility index (Phi) is 5.91. The van der Waals surface area contributed by atoms with Crippen LogP contribution in [0.25, 0.3) is 10.8 Å². The summed E-state index contributed by atoms with van der Waals surface area (Å²) in [6, 6.07) is 5.28. The van der Waals surface area contributed by atoms with Crippen LogP contribution in [0, 0.1) is 0 Å². The molecule has 0 amide bonds. The molecule has 5 nitrogen and oxygen atoms in total. The molecule has 0 fully saturated rings. The molecule has 0 heterocycles. The molecule has 0 N–H and O–H groups in total. The summed E-state index contributed by atoms with van der Waals surface area (Å²) in [5.41, 5.74) is 1.54. The second-order valence-electron chi connectivity index (χ2n) is 5.79. The predicted octanol–water partition coefficient (Wildman–Crippen LogP) is 4.41. The monoisotopic (exact) mass is 344 g/mol. The molecule has 0 atom stereocenters. The molecule has 2 aromatic carbocycles. The highest BCUT2D eigenvalue weighted by atomic mass is 16.5. The number of ether oxygens (including phenoxy) is 4. The quantitative estimate of drug-likeness (QED) is 0.550. The van der Waals surface area contributed by atoms with E-state index in [0.29, 0.717) is 45.8 Å². The lowest BCUT2D eigenvalue weighted by Gasteiger charge is -2.18. The van der Waals surface area contributed by atoms with Crippen LogP contribution in [0.15, 0.2) is 29.8 Å². The normalized spacial score (nSPS) is 10.3. The smallest absolute Gasteiger partial charge is 0.170 e. The van der Waals surface area contributed by atoms with Crippen molar-refractivity contribution < 1.29 is 23.7 Å². The lowest BCUT2D eigenvalue weighted by atomic mass is 9.98. The Morgan fingerprint density at radius 1 is 0.880 bits per heavy atom. The van der Waals surface area contributed by atoms with Crippen molar-refractivity contribution in [3.63, 3.8) is 0 Å². The number of Topliss-reactive ketones (excluding diaryl/α,β-unsaturated/α-hetero) is 1. The molecule has 0 aliphatic rings. The summed E-state index contributed by atoms with van der Waals surface area (Å²) in [7, 11) is 6.26. The number of ketones is 1. The molecule has 0 spiro atoms. The van der Waals surface area contributed by atoms with Crippen molar-refractivity contribution in [2.45, 2.75) is 20.3 Å². The third-order valence-electron chi connectivity index (χ3n) is 3.98. The molecule has 2 rings (SSSR count). The topological polar surface area (TPSA) is 54.0 Å². The van der Waals surface area contributed by atoms with Crippen molar-refractivity contribution in [1.29, 1.82) is 0 Å². The number of carbonyl (C=O) groups is 1. The number of hydrogen-bond donors (Lipinski definition) is 0. The molecular formula is C20H24O5. The van der Waals surface area contributed by atoms with E-state index in [-0.39, 0.29) is 5.78 Å². The van der Waals surface area contributed by atoms with Crippen LogP contribution in [0.5, 0.6) is 23.0 Å². The Bertz CT molecular complexity index is 817. The lowest BCUT2D eigenvalue weighted by molar-refractivity contribution is 0.0992. The first-order chi connectivity index (χ1) is 12.0. The van der Waals surface area contributed by atoms with Crippen LogP contribution in [-0.4, -0.2) is 34.2 Å². The molecule has 0 unspecified atom stereocenters. The lowest BCUT2D eigenvalue weighted by Crippen LogP contribution is -2.04. The minimum absolute atomic E-state index is 0.0527. The van der Waals surface area contributed by atoms with Crippen molar-refractivity contribution >= 4 is 16.6 Å². The third-order valence-corrected chi connectivity index (χ3v) is 3.98. The zero-order valence-electron chi connectivity index (χ0n) is 15.6. The van der Waals surface area contributed by atoms with Gasteiger partial charge in [0.1, 0.15) is 23.0 Å². The van der Waals surface area contributed by atoms with E-state index in [1.807, 2.05) is 19.9 Å². The molecule has 134 valence electrons. The average molecular weight is 344 g/mol. The summed E-state index contributed by atoms with van der Waals surface area (Å²) in [5.74, 6) is 2.14. The summed E-state index contributed by atoms with van der Waals surface area (Å²) < 4.78 is 22.1. The molecule has 0 saturated carbocycles.